The molecule has 6 heteroatoms. The normalized spacial score (nSPS) is 12.3. The predicted octanol–water partition coefficient (Wildman–Crippen LogP) is 1.30. The number of allylic oxidation sites excluding steroid dienone is 3. The summed E-state index contributed by atoms with van der Waals surface area (Å²) in [6.07, 6.45) is 5.40. The van der Waals surface area contributed by atoms with E-state index in [9.17, 15) is 16.8 Å². The Morgan fingerprint density at radius 2 is 1.41 bits per heavy atom. The SMILES string of the molecule is [CH]/C=C/C=C(S(=O)(=O)CC=C)S(=O)(=O)CC=C. The Labute approximate surface area is 103 Å². The molecule has 0 bridgehead atoms. The molecule has 0 rings (SSSR count). The maximum Gasteiger partial charge on any atom is 0.192 e. The van der Waals surface area contributed by atoms with E-state index in [-0.39, 0.29) is 0 Å². The topological polar surface area (TPSA) is 68.3 Å². The molecular weight excluding hydrogens is 260 g/mol. The first-order valence-corrected chi connectivity index (χ1v) is 7.88. The largest absolute Gasteiger partial charge is 0.223 e. The highest BCUT2D eigenvalue weighted by Crippen LogP contribution is 2.17. The third-order valence-corrected chi connectivity index (χ3v) is 6.00. The van der Waals surface area contributed by atoms with Crippen molar-refractivity contribution in [3.63, 3.8) is 0 Å². The van der Waals surface area contributed by atoms with E-state index in [0.29, 0.717) is 0 Å². The Balaban J connectivity index is 5.78. The van der Waals surface area contributed by atoms with Crippen LogP contribution in [0.3, 0.4) is 0 Å². The van der Waals surface area contributed by atoms with E-state index in [1.54, 1.807) is 0 Å². The van der Waals surface area contributed by atoms with Gasteiger partial charge >= 0.3 is 0 Å². The molecule has 17 heavy (non-hydrogen) atoms. The standard InChI is InChI=1S/C11H14O4S2/c1-4-7-8-11(16(12,13)9-5-2)17(14,15)10-6-3/h1,4-8H,2-3,9-10H2/b7-4+. The maximum absolute atomic E-state index is 11.7. The lowest BCUT2D eigenvalue weighted by atomic mass is 10.5. The monoisotopic (exact) mass is 274 g/mol. The molecule has 0 spiro atoms. The zero-order valence-corrected chi connectivity index (χ0v) is 10.9. The molecule has 0 aliphatic rings. The van der Waals surface area contributed by atoms with Crippen LogP contribution in [0.2, 0.25) is 0 Å². The second-order valence-electron chi connectivity index (χ2n) is 3.01. The highest BCUT2D eigenvalue weighted by Gasteiger charge is 2.27. The molecule has 0 aromatic carbocycles. The summed E-state index contributed by atoms with van der Waals surface area (Å²) in [5.74, 6) is -0.902. The minimum Gasteiger partial charge on any atom is -0.223 e. The van der Waals surface area contributed by atoms with Gasteiger partial charge < -0.3 is 0 Å². The molecule has 0 atom stereocenters. The van der Waals surface area contributed by atoms with Gasteiger partial charge in [0, 0.05) is 0 Å². The lowest BCUT2D eigenvalue weighted by Crippen LogP contribution is -2.18. The quantitative estimate of drug-likeness (QED) is 0.518. The lowest BCUT2D eigenvalue weighted by molar-refractivity contribution is 0.598. The third kappa shape index (κ3) is 4.70. The second kappa shape index (κ2) is 6.56. The molecule has 4 nitrogen and oxygen atoms in total. The van der Waals surface area contributed by atoms with Crippen molar-refractivity contribution in [2.75, 3.05) is 11.5 Å². The zero-order valence-electron chi connectivity index (χ0n) is 9.24. The molecule has 0 fully saturated rings. The first kappa shape index (κ1) is 15.9. The molecule has 0 aliphatic heterocycles. The maximum atomic E-state index is 11.7. The Kier molecular flexibility index (Phi) is 6.12. The summed E-state index contributed by atoms with van der Waals surface area (Å²) in [5, 5.41) is 0. The average Bonchev–Trinajstić information content (AvgIpc) is 2.17. The third-order valence-electron chi connectivity index (χ3n) is 1.63. The fourth-order valence-electron chi connectivity index (χ4n) is 1.01. The van der Waals surface area contributed by atoms with Crippen molar-refractivity contribution in [3.8, 4) is 0 Å². The van der Waals surface area contributed by atoms with Gasteiger partial charge in [-0.3, -0.25) is 0 Å². The van der Waals surface area contributed by atoms with Gasteiger partial charge in [-0.1, -0.05) is 24.3 Å². The molecule has 0 aromatic rings. The van der Waals surface area contributed by atoms with Gasteiger partial charge in [0.05, 0.1) is 11.5 Å². The van der Waals surface area contributed by atoms with Crippen LogP contribution in [-0.2, 0) is 19.7 Å². The van der Waals surface area contributed by atoms with Crippen LogP contribution < -0.4 is 0 Å². The van der Waals surface area contributed by atoms with Gasteiger partial charge in [0.1, 0.15) is 0 Å². The van der Waals surface area contributed by atoms with E-state index in [4.69, 9.17) is 6.92 Å². The Bertz CT molecular complexity index is 492. The molecule has 2 radical (unpaired) electrons. The van der Waals surface area contributed by atoms with E-state index in [1.165, 1.54) is 0 Å². The Morgan fingerprint density at radius 3 is 1.71 bits per heavy atom. The zero-order chi connectivity index (χ0) is 13.5. The van der Waals surface area contributed by atoms with Crippen LogP contribution in [0.4, 0.5) is 0 Å². The minimum atomic E-state index is -3.92. The molecular formula is C11H14O4S2. The Hall–Kier alpha value is -1.14. The van der Waals surface area contributed by atoms with E-state index < -0.39 is 35.4 Å². The van der Waals surface area contributed by atoms with Crippen LogP contribution in [0.25, 0.3) is 0 Å². The highest BCUT2D eigenvalue weighted by molar-refractivity contribution is 8.14. The van der Waals surface area contributed by atoms with E-state index in [2.05, 4.69) is 13.2 Å². The van der Waals surface area contributed by atoms with Gasteiger partial charge in [-0.05, 0) is 13.0 Å². The summed E-state index contributed by atoms with van der Waals surface area (Å²) < 4.78 is 46.2. The second-order valence-corrected chi connectivity index (χ2v) is 7.27. The molecule has 0 aliphatic carbocycles. The molecule has 0 heterocycles. The molecule has 0 saturated carbocycles. The predicted molar refractivity (Wildman–Crippen MR) is 69.5 cm³/mol. The van der Waals surface area contributed by atoms with E-state index >= 15 is 0 Å². The van der Waals surface area contributed by atoms with Crippen molar-refractivity contribution < 1.29 is 16.8 Å². The molecule has 0 amide bonds. The summed E-state index contributed by atoms with van der Waals surface area (Å²) in [6.45, 7) is 11.6. The summed E-state index contributed by atoms with van der Waals surface area (Å²) in [5.41, 5.74) is 0. The van der Waals surface area contributed by atoms with Crippen LogP contribution >= 0.6 is 0 Å². The van der Waals surface area contributed by atoms with Crippen molar-refractivity contribution in [3.05, 3.63) is 54.7 Å². The summed E-state index contributed by atoms with van der Waals surface area (Å²) in [4.78, 5) is 0. The van der Waals surface area contributed by atoms with Crippen molar-refractivity contribution in [2.45, 2.75) is 0 Å². The fraction of sp³-hybridized carbons (Fsp3) is 0.182. The highest BCUT2D eigenvalue weighted by atomic mass is 32.3. The van der Waals surface area contributed by atoms with Crippen LogP contribution in [0, 0.1) is 6.92 Å². The van der Waals surface area contributed by atoms with Crippen LogP contribution in [0.15, 0.2) is 47.8 Å². The molecule has 0 saturated heterocycles. The fourth-order valence-corrected chi connectivity index (χ4v) is 4.49. The molecule has 0 unspecified atom stereocenters. The molecule has 94 valence electrons. The van der Waals surface area contributed by atoms with Gasteiger partial charge in [0.25, 0.3) is 0 Å². The van der Waals surface area contributed by atoms with E-state index in [0.717, 1.165) is 30.4 Å². The van der Waals surface area contributed by atoms with E-state index in [1.807, 2.05) is 0 Å². The first-order chi connectivity index (χ1) is 7.81. The van der Waals surface area contributed by atoms with Crippen molar-refractivity contribution in [1.82, 2.24) is 0 Å². The van der Waals surface area contributed by atoms with Gasteiger partial charge in [0.2, 0.25) is 0 Å². The summed E-state index contributed by atoms with van der Waals surface area (Å²) in [7, 11) is -7.85. The van der Waals surface area contributed by atoms with Crippen molar-refractivity contribution in [2.24, 2.45) is 0 Å². The van der Waals surface area contributed by atoms with Gasteiger partial charge in [-0.2, -0.15) is 0 Å². The smallest absolute Gasteiger partial charge is 0.192 e. The van der Waals surface area contributed by atoms with Crippen molar-refractivity contribution in [1.29, 1.82) is 0 Å². The first-order valence-electron chi connectivity index (χ1n) is 4.57. The van der Waals surface area contributed by atoms with Gasteiger partial charge in [-0.15, -0.1) is 13.2 Å². The average molecular weight is 274 g/mol. The summed E-state index contributed by atoms with van der Waals surface area (Å²) >= 11 is 0. The van der Waals surface area contributed by atoms with Crippen LogP contribution in [-0.4, -0.2) is 28.3 Å². The van der Waals surface area contributed by atoms with Gasteiger partial charge in [0.15, 0.2) is 23.9 Å². The Morgan fingerprint density at radius 1 is 1.00 bits per heavy atom. The van der Waals surface area contributed by atoms with Crippen LogP contribution in [0.1, 0.15) is 0 Å². The number of sulfone groups is 2. The number of rotatable bonds is 7. The van der Waals surface area contributed by atoms with Crippen LogP contribution in [0.5, 0.6) is 0 Å². The van der Waals surface area contributed by atoms with Gasteiger partial charge in [-0.25, -0.2) is 16.8 Å². The van der Waals surface area contributed by atoms with Crippen molar-refractivity contribution >= 4 is 19.7 Å². The number of hydrogen-bond donors (Lipinski definition) is 0. The molecule has 0 aromatic heterocycles. The lowest BCUT2D eigenvalue weighted by Gasteiger charge is -2.06. The summed E-state index contributed by atoms with van der Waals surface area (Å²) in [6, 6.07) is 0. The number of hydrogen-bond acceptors (Lipinski definition) is 4. The minimum absolute atomic E-state index is 0.451. The molecule has 0 N–H and O–H groups in total.